The number of rotatable bonds is 10. The molecular formula is C24H41N3O2. The predicted molar refractivity (Wildman–Crippen MR) is 126 cm³/mol. The smallest absolute Gasteiger partial charge is 0.0716 e. The van der Waals surface area contributed by atoms with Crippen LogP contribution < -0.4 is 16.5 Å². The van der Waals surface area contributed by atoms with Gasteiger partial charge < -0.3 is 20.2 Å². The molecule has 0 aliphatic carbocycles. The molecule has 5 nitrogen and oxygen atoms in total. The molecule has 164 valence electrons. The Morgan fingerprint density at radius 2 is 1.31 bits per heavy atom. The Morgan fingerprint density at radius 1 is 0.828 bits per heavy atom. The van der Waals surface area contributed by atoms with Crippen LogP contribution in [0.5, 0.6) is 0 Å². The second-order valence-electron chi connectivity index (χ2n) is 6.70. The van der Waals surface area contributed by atoms with Crippen LogP contribution in [0.15, 0.2) is 48.5 Å². The third-order valence-electron chi connectivity index (χ3n) is 3.94. The lowest BCUT2D eigenvalue weighted by atomic mass is 10.0. The summed E-state index contributed by atoms with van der Waals surface area (Å²) >= 11 is 0. The fraction of sp³-hybridized carbons (Fsp3) is 0.500. The highest BCUT2D eigenvalue weighted by Gasteiger charge is 1.99. The SMILES string of the molecule is CCCCNc1ccc(-c2ccc(COCCCC)cc2)cc1.CNC.CON. The van der Waals surface area contributed by atoms with Gasteiger partial charge in [-0.15, -0.1) is 0 Å². The zero-order valence-electron chi connectivity index (χ0n) is 19.0. The van der Waals surface area contributed by atoms with Gasteiger partial charge in [0, 0.05) is 18.8 Å². The minimum atomic E-state index is 0.709. The molecule has 0 atom stereocenters. The Balaban J connectivity index is 0.00000116. The van der Waals surface area contributed by atoms with Gasteiger partial charge in [0.15, 0.2) is 0 Å². The van der Waals surface area contributed by atoms with Crippen molar-refractivity contribution in [2.24, 2.45) is 5.90 Å². The molecule has 2 aromatic carbocycles. The van der Waals surface area contributed by atoms with Gasteiger partial charge in [0.2, 0.25) is 0 Å². The van der Waals surface area contributed by atoms with E-state index in [4.69, 9.17) is 4.74 Å². The molecule has 0 spiro atoms. The van der Waals surface area contributed by atoms with E-state index in [0.29, 0.717) is 6.61 Å². The molecule has 0 saturated carbocycles. The first-order valence-electron chi connectivity index (χ1n) is 10.5. The maximum atomic E-state index is 5.66. The third kappa shape index (κ3) is 13.8. The van der Waals surface area contributed by atoms with Crippen molar-refractivity contribution in [2.75, 3.05) is 39.7 Å². The highest BCUT2D eigenvalue weighted by atomic mass is 16.6. The van der Waals surface area contributed by atoms with Crippen LogP contribution in [0, 0.1) is 0 Å². The number of benzene rings is 2. The van der Waals surface area contributed by atoms with E-state index in [0.717, 1.165) is 19.6 Å². The predicted octanol–water partition coefficient (Wildman–Crippen LogP) is 5.22. The first kappa shape index (κ1) is 27.1. The fourth-order valence-corrected chi connectivity index (χ4v) is 2.42. The van der Waals surface area contributed by atoms with E-state index >= 15 is 0 Å². The second-order valence-corrected chi connectivity index (χ2v) is 6.70. The van der Waals surface area contributed by atoms with Crippen molar-refractivity contribution in [3.05, 3.63) is 54.1 Å². The molecule has 5 heteroatoms. The molecule has 0 fully saturated rings. The molecule has 0 unspecified atom stereocenters. The molecule has 0 amide bonds. The van der Waals surface area contributed by atoms with Crippen molar-refractivity contribution in [1.82, 2.24) is 5.32 Å². The van der Waals surface area contributed by atoms with Crippen molar-refractivity contribution in [1.29, 1.82) is 0 Å². The molecule has 2 aromatic rings. The molecule has 0 bridgehead atoms. The van der Waals surface area contributed by atoms with Crippen LogP contribution in [-0.2, 0) is 16.2 Å². The molecule has 0 aliphatic rings. The summed E-state index contributed by atoms with van der Waals surface area (Å²) in [7, 11) is 5.15. The van der Waals surface area contributed by atoms with E-state index in [2.05, 4.69) is 83.7 Å². The normalized spacial score (nSPS) is 9.72. The summed E-state index contributed by atoms with van der Waals surface area (Å²) in [5.74, 6) is 4.35. The molecule has 0 heterocycles. The summed E-state index contributed by atoms with van der Waals surface area (Å²) in [4.78, 5) is 3.75. The number of nitrogens with one attached hydrogen (secondary N) is 2. The Labute approximate surface area is 178 Å². The average Bonchev–Trinajstić information content (AvgIpc) is 2.74. The summed E-state index contributed by atoms with van der Waals surface area (Å²) in [5, 5.41) is 6.20. The zero-order valence-corrected chi connectivity index (χ0v) is 19.0. The summed E-state index contributed by atoms with van der Waals surface area (Å²) in [5.41, 5.74) is 4.94. The van der Waals surface area contributed by atoms with Crippen LogP contribution in [0.4, 0.5) is 5.69 Å². The van der Waals surface area contributed by atoms with Gasteiger partial charge in [-0.25, -0.2) is 5.90 Å². The maximum Gasteiger partial charge on any atom is 0.0716 e. The van der Waals surface area contributed by atoms with Crippen LogP contribution in [0.25, 0.3) is 11.1 Å². The van der Waals surface area contributed by atoms with Crippen LogP contribution in [0.3, 0.4) is 0 Å². The standard InChI is InChI=1S/C21H29NO.C2H7N.CH5NO/c1-3-5-15-22-21-13-11-20(12-14-21)19-9-7-18(8-10-19)17-23-16-6-4-2;2*1-3-2/h7-14,22H,3-6,15-17H2,1-2H3;3H,1-2H3;2H2,1H3. The van der Waals surface area contributed by atoms with Gasteiger partial charge in [-0.2, -0.15) is 0 Å². The first-order chi connectivity index (χ1) is 14.2. The van der Waals surface area contributed by atoms with Crippen LogP contribution in [0.2, 0.25) is 0 Å². The largest absolute Gasteiger partial charge is 0.385 e. The van der Waals surface area contributed by atoms with E-state index in [1.807, 2.05) is 14.1 Å². The summed E-state index contributed by atoms with van der Waals surface area (Å²) in [6.45, 7) is 7.00. The van der Waals surface area contributed by atoms with Crippen molar-refractivity contribution >= 4 is 5.69 Å². The third-order valence-corrected chi connectivity index (χ3v) is 3.94. The number of nitrogens with two attached hydrogens (primary N) is 1. The van der Waals surface area contributed by atoms with E-state index in [1.165, 1.54) is 48.8 Å². The van der Waals surface area contributed by atoms with E-state index in [9.17, 15) is 0 Å². The summed E-state index contributed by atoms with van der Waals surface area (Å²) < 4.78 is 5.66. The van der Waals surface area contributed by atoms with E-state index in [-0.39, 0.29) is 0 Å². The lowest BCUT2D eigenvalue weighted by Crippen LogP contribution is -2.00. The molecule has 0 saturated heterocycles. The molecule has 0 aliphatic heterocycles. The maximum absolute atomic E-state index is 5.66. The number of unbranched alkanes of at least 4 members (excludes halogenated alkanes) is 2. The monoisotopic (exact) mass is 403 g/mol. The van der Waals surface area contributed by atoms with Crippen molar-refractivity contribution in [2.45, 2.75) is 46.1 Å². The van der Waals surface area contributed by atoms with Gasteiger partial charge in [-0.05, 0) is 55.8 Å². The van der Waals surface area contributed by atoms with Crippen LogP contribution >= 0.6 is 0 Å². The van der Waals surface area contributed by atoms with Gasteiger partial charge >= 0.3 is 0 Å². The van der Waals surface area contributed by atoms with Crippen LogP contribution in [0.1, 0.15) is 45.1 Å². The van der Waals surface area contributed by atoms with E-state index < -0.39 is 0 Å². The molecule has 0 radical (unpaired) electrons. The highest BCUT2D eigenvalue weighted by Crippen LogP contribution is 2.22. The van der Waals surface area contributed by atoms with Gasteiger partial charge in [0.05, 0.1) is 13.7 Å². The Bertz CT molecular complexity index is 584. The number of hydrogen-bond acceptors (Lipinski definition) is 5. The highest BCUT2D eigenvalue weighted by molar-refractivity contribution is 5.66. The summed E-state index contributed by atoms with van der Waals surface area (Å²) in [6, 6.07) is 17.4. The first-order valence-corrected chi connectivity index (χ1v) is 10.5. The molecular weight excluding hydrogens is 362 g/mol. The topological polar surface area (TPSA) is 68.5 Å². The van der Waals surface area contributed by atoms with Gasteiger partial charge in [-0.1, -0.05) is 63.1 Å². The lowest BCUT2D eigenvalue weighted by Gasteiger charge is -2.08. The number of ether oxygens (including phenoxy) is 1. The van der Waals surface area contributed by atoms with E-state index in [1.54, 1.807) is 0 Å². The second kappa shape index (κ2) is 19.4. The molecule has 2 rings (SSSR count). The minimum absolute atomic E-state index is 0.709. The Kier molecular flexibility index (Phi) is 18.1. The van der Waals surface area contributed by atoms with Crippen LogP contribution in [-0.4, -0.2) is 34.4 Å². The van der Waals surface area contributed by atoms with Crippen molar-refractivity contribution < 1.29 is 9.57 Å². The van der Waals surface area contributed by atoms with Gasteiger partial charge in [-0.3, -0.25) is 0 Å². The van der Waals surface area contributed by atoms with Crippen molar-refractivity contribution in [3.8, 4) is 11.1 Å². The van der Waals surface area contributed by atoms with Gasteiger partial charge in [0.1, 0.15) is 0 Å². The molecule has 0 aromatic heterocycles. The molecule has 29 heavy (non-hydrogen) atoms. The zero-order chi connectivity index (χ0) is 21.7. The Morgan fingerprint density at radius 3 is 1.79 bits per heavy atom. The fourth-order valence-electron chi connectivity index (χ4n) is 2.42. The van der Waals surface area contributed by atoms with Gasteiger partial charge in [0.25, 0.3) is 0 Å². The quantitative estimate of drug-likeness (QED) is 0.375. The lowest BCUT2D eigenvalue weighted by molar-refractivity contribution is 0.118. The molecule has 4 N–H and O–H groups in total. The van der Waals surface area contributed by atoms with Crippen molar-refractivity contribution in [3.63, 3.8) is 0 Å². The number of anilines is 1. The average molecular weight is 404 g/mol. The summed E-state index contributed by atoms with van der Waals surface area (Å²) in [6.07, 6.45) is 4.75. The minimum Gasteiger partial charge on any atom is -0.385 e. The number of hydrogen-bond donors (Lipinski definition) is 3. The Hall–Kier alpha value is -1.92.